The fourth-order valence-corrected chi connectivity index (χ4v) is 2.51. The molecule has 0 saturated carbocycles. The molecule has 0 saturated heterocycles. The normalized spacial score (nSPS) is 15.7. The molecule has 1 aliphatic rings. The standard InChI is InChI=1S/C10H10BrN5/c11-8-7-9(12)14-4-5-16(7)10(15-8)6-2-1-3-13-6/h4-5H,1-3H2,(H2,12,14). The minimum atomic E-state index is 0.478. The number of nitrogen functional groups attached to an aromatic ring is 1. The largest absolute Gasteiger partial charge is 0.382 e. The van der Waals surface area contributed by atoms with Crippen LogP contribution in [0, 0.1) is 0 Å². The highest BCUT2D eigenvalue weighted by atomic mass is 79.9. The van der Waals surface area contributed by atoms with Gasteiger partial charge in [0.15, 0.2) is 11.6 Å². The first kappa shape index (κ1) is 9.77. The third-order valence-electron chi connectivity index (χ3n) is 2.67. The average molecular weight is 280 g/mol. The van der Waals surface area contributed by atoms with Crippen LogP contribution in [-0.2, 0) is 0 Å². The van der Waals surface area contributed by atoms with Gasteiger partial charge < -0.3 is 5.73 Å². The molecular weight excluding hydrogens is 270 g/mol. The maximum Gasteiger partial charge on any atom is 0.160 e. The van der Waals surface area contributed by atoms with E-state index in [2.05, 4.69) is 30.9 Å². The molecule has 3 rings (SSSR count). The molecular formula is C10H10BrN5. The molecule has 2 aromatic rings. The van der Waals surface area contributed by atoms with E-state index < -0.39 is 0 Å². The van der Waals surface area contributed by atoms with E-state index in [1.807, 2.05) is 10.6 Å². The van der Waals surface area contributed by atoms with E-state index in [1.54, 1.807) is 6.20 Å². The van der Waals surface area contributed by atoms with Crippen LogP contribution in [0.2, 0.25) is 0 Å². The molecule has 0 aliphatic carbocycles. The van der Waals surface area contributed by atoms with Gasteiger partial charge in [-0.2, -0.15) is 0 Å². The topological polar surface area (TPSA) is 68.6 Å². The predicted molar refractivity (Wildman–Crippen MR) is 65.7 cm³/mol. The van der Waals surface area contributed by atoms with Crippen molar-refractivity contribution in [2.24, 2.45) is 4.99 Å². The Balaban J connectivity index is 2.30. The highest BCUT2D eigenvalue weighted by molar-refractivity contribution is 9.10. The van der Waals surface area contributed by atoms with Crippen LogP contribution in [0.3, 0.4) is 0 Å². The van der Waals surface area contributed by atoms with E-state index in [4.69, 9.17) is 5.73 Å². The van der Waals surface area contributed by atoms with E-state index in [1.165, 1.54) is 0 Å². The molecule has 0 spiro atoms. The molecule has 2 N–H and O–H groups in total. The Kier molecular flexibility index (Phi) is 2.17. The van der Waals surface area contributed by atoms with Gasteiger partial charge in [-0.25, -0.2) is 9.97 Å². The number of hydrogen-bond acceptors (Lipinski definition) is 4. The summed E-state index contributed by atoms with van der Waals surface area (Å²) in [6.07, 6.45) is 5.62. The van der Waals surface area contributed by atoms with Gasteiger partial charge in [-0.3, -0.25) is 9.39 Å². The molecule has 0 bridgehead atoms. The summed E-state index contributed by atoms with van der Waals surface area (Å²) in [5.41, 5.74) is 7.69. The maximum atomic E-state index is 5.83. The van der Waals surface area contributed by atoms with Gasteiger partial charge in [-0.05, 0) is 28.8 Å². The van der Waals surface area contributed by atoms with Crippen LogP contribution >= 0.6 is 15.9 Å². The summed E-state index contributed by atoms with van der Waals surface area (Å²) in [5.74, 6) is 1.35. The van der Waals surface area contributed by atoms with Crippen molar-refractivity contribution in [3.8, 4) is 0 Å². The van der Waals surface area contributed by atoms with Gasteiger partial charge >= 0.3 is 0 Å². The van der Waals surface area contributed by atoms with Crippen molar-refractivity contribution in [3.05, 3.63) is 22.8 Å². The van der Waals surface area contributed by atoms with Gasteiger partial charge in [-0.15, -0.1) is 0 Å². The number of halogens is 1. The highest BCUT2D eigenvalue weighted by Gasteiger charge is 2.18. The predicted octanol–water partition coefficient (Wildman–Crippen LogP) is 1.66. The Bertz CT molecular complexity index is 586. The Hall–Kier alpha value is -1.43. The highest BCUT2D eigenvalue weighted by Crippen LogP contribution is 2.24. The minimum absolute atomic E-state index is 0.478. The van der Waals surface area contributed by atoms with E-state index in [0.717, 1.165) is 41.0 Å². The van der Waals surface area contributed by atoms with Crippen LogP contribution < -0.4 is 5.73 Å². The third kappa shape index (κ3) is 1.33. The summed E-state index contributed by atoms with van der Waals surface area (Å²) in [5, 5.41) is 0. The Morgan fingerprint density at radius 1 is 1.44 bits per heavy atom. The second-order valence-electron chi connectivity index (χ2n) is 3.69. The lowest BCUT2D eigenvalue weighted by molar-refractivity contribution is 0.949. The van der Waals surface area contributed by atoms with Crippen LogP contribution in [0.4, 0.5) is 5.82 Å². The molecule has 2 aromatic heterocycles. The van der Waals surface area contributed by atoms with Gasteiger partial charge in [0.2, 0.25) is 0 Å². The molecule has 0 atom stereocenters. The van der Waals surface area contributed by atoms with E-state index in [-0.39, 0.29) is 0 Å². The zero-order chi connectivity index (χ0) is 11.1. The molecule has 1 aliphatic heterocycles. The van der Waals surface area contributed by atoms with Crippen molar-refractivity contribution in [1.82, 2.24) is 14.4 Å². The van der Waals surface area contributed by atoms with Crippen LogP contribution in [0.1, 0.15) is 18.7 Å². The molecule has 3 heterocycles. The van der Waals surface area contributed by atoms with E-state index in [9.17, 15) is 0 Å². The molecule has 0 amide bonds. The van der Waals surface area contributed by atoms with Crippen LogP contribution in [0.5, 0.6) is 0 Å². The summed E-state index contributed by atoms with van der Waals surface area (Å²) >= 11 is 3.41. The zero-order valence-corrected chi connectivity index (χ0v) is 10.1. The van der Waals surface area contributed by atoms with Crippen molar-refractivity contribution in [2.45, 2.75) is 12.8 Å². The average Bonchev–Trinajstić information content (AvgIpc) is 2.86. The van der Waals surface area contributed by atoms with Gasteiger partial charge in [0.25, 0.3) is 0 Å². The molecule has 6 heteroatoms. The first-order valence-electron chi connectivity index (χ1n) is 5.09. The smallest absolute Gasteiger partial charge is 0.160 e. The monoisotopic (exact) mass is 279 g/mol. The maximum absolute atomic E-state index is 5.83. The summed E-state index contributed by atoms with van der Waals surface area (Å²) in [6, 6.07) is 0. The van der Waals surface area contributed by atoms with Gasteiger partial charge in [0, 0.05) is 18.9 Å². The number of fused-ring (bicyclic) bond motifs is 1. The summed E-state index contributed by atoms with van der Waals surface area (Å²) in [6.45, 7) is 0.891. The molecule has 5 nitrogen and oxygen atoms in total. The number of imidazole rings is 1. The second kappa shape index (κ2) is 3.55. The number of hydrogen-bond donors (Lipinski definition) is 1. The molecule has 0 radical (unpaired) electrons. The second-order valence-corrected chi connectivity index (χ2v) is 4.44. The Labute approximate surface area is 101 Å². The van der Waals surface area contributed by atoms with Crippen molar-refractivity contribution >= 4 is 33.0 Å². The van der Waals surface area contributed by atoms with Crippen LogP contribution in [0.15, 0.2) is 22.0 Å². The summed E-state index contributed by atoms with van der Waals surface area (Å²) < 4.78 is 2.67. The Morgan fingerprint density at radius 2 is 2.31 bits per heavy atom. The van der Waals surface area contributed by atoms with Crippen LogP contribution in [-0.4, -0.2) is 26.6 Å². The molecule has 0 fully saturated rings. The fraction of sp³-hybridized carbons (Fsp3) is 0.300. The Morgan fingerprint density at radius 3 is 3.06 bits per heavy atom. The van der Waals surface area contributed by atoms with E-state index >= 15 is 0 Å². The number of rotatable bonds is 1. The molecule has 16 heavy (non-hydrogen) atoms. The van der Waals surface area contributed by atoms with Crippen molar-refractivity contribution in [1.29, 1.82) is 0 Å². The van der Waals surface area contributed by atoms with E-state index in [0.29, 0.717) is 5.82 Å². The number of nitrogens with two attached hydrogens (primary N) is 1. The van der Waals surface area contributed by atoms with Gasteiger partial charge in [0.1, 0.15) is 10.1 Å². The lowest BCUT2D eigenvalue weighted by Gasteiger charge is -2.00. The number of aliphatic imine (C=N–C) groups is 1. The zero-order valence-electron chi connectivity index (χ0n) is 8.52. The lowest BCUT2D eigenvalue weighted by Crippen LogP contribution is -2.04. The molecule has 0 unspecified atom stereocenters. The minimum Gasteiger partial charge on any atom is -0.382 e. The number of anilines is 1. The molecule has 82 valence electrons. The first-order valence-corrected chi connectivity index (χ1v) is 5.88. The number of nitrogens with zero attached hydrogens (tertiary/aromatic N) is 4. The van der Waals surface area contributed by atoms with Crippen LogP contribution in [0.25, 0.3) is 5.52 Å². The van der Waals surface area contributed by atoms with Gasteiger partial charge in [-0.1, -0.05) is 0 Å². The third-order valence-corrected chi connectivity index (χ3v) is 3.23. The first-order chi connectivity index (χ1) is 7.77. The quantitative estimate of drug-likeness (QED) is 0.863. The van der Waals surface area contributed by atoms with Crippen molar-refractivity contribution < 1.29 is 0 Å². The number of aromatic nitrogens is 3. The summed E-state index contributed by atoms with van der Waals surface area (Å²) in [4.78, 5) is 13.0. The van der Waals surface area contributed by atoms with Crippen molar-refractivity contribution in [2.75, 3.05) is 12.3 Å². The van der Waals surface area contributed by atoms with Gasteiger partial charge in [0.05, 0.1) is 5.71 Å². The summed E-state index contributed by atoms with van der Waals surface area (Å²) in [7, 11) is 0. The fourth-order valence-electron chi connectivity index (χ4n) is 1.95. The van der Waals surface area contributed by atoms with Crippen molar-refractivity contribution in [3.63, 3.8) is 0 Å². The lowest BCUT2D eigenvalue weighted by atomic mass is 10.2. The SMILES string of the molecule is Nc1nccn2c(C3=NCCC3)nc(Br)c12. The molecule has 0 aromatic carbocycles.